The third-order valence-electron chi connectivity index (χ3n) is 3.38. The molecule has 0 spiro atoms. The molecule has 1 aromatic rings. The third kappa shape index (κ3) is 4.91. The van der Waals surface area contributed by atoms with Crippen molar-refractivity contribution in [2.45, 2.75) is 39.8 Å². The van der Waals surface area contributed by atoms with Gasteiger partial charge in [-0.2, -0.15) is 0 Å². The quantitative estimate of drug-likeness (QED) is 0.746. The number of carbonyl (C=O) groups excluding carboxylic acids is 1. The standard InChI is InChI=1S/C15H22N2O3/c1-4-12-5-7-13(8-6-12)9-16-15(20)17-11(3)10(2)14(18)19/h5-8,10-11H,4,9H2,1-3H3,(H,18,19)(H2,16,17,20). The Kier molecular flexibility index (Phi) is 6.03. The first-order valence-electron chi connectivity index (χ1n) is 6.79. The number of benzene rings is 1. The summed E-state index contributed by atoms with van der Waals surface area (Å²) >= 11 is 0. The molecular weight excluding hydrogens is 256 g/mol. The maximum Gasteiger partial charge on any atom is 0.315 e. The van der Waals surface area contributed by atoms with Crippen molar-refractivity contribution in [3.8, 4) is 0 Å². The number of hydrogen-bond acceptors (Lipinski definition) is 2. The number of carboxylic acids is 1. The molecule has 0 saturated heterocycles. The molecular formula is C15H22N2O3. The summed E-state index contributed by atoms with van der Waals surface area (Å²) in [5.74, 6) is -1.54. The molecule has 0 aliphatic rings. The molecule has 2 atom stereocenters. The Hall–Kier alpha value is -2.04. The lowest BCUT2D eigenvalue weighted by molar-refractivity contribution is -0.141. The van der Waals surface area contributed by atoms with Crippen molar-refractivity contribution in [3.05, 3.63) is 35.4 Å². The van der Waals surface area contributed by atoms with Gasteiger partial charge in [-0.15, -0.1) is 0 Å². The Morgan fingerprint density at radius 1 is 1.15 bits per heavy atom. The number of carbonyl (C=O) groups is 2. The van der Waals surface area contributed by atoms with E-state index in [9.17, 15) is 9.59 Å². The molecule has 0 bridgehead atoms. The van der Waals surface area contributed by atoms with Crippen LogP contribution < -0.4 is 10.6 Å². The Labute approximate surface area is 119 Å². The Balaban J connectivity index is 2.41. The normalized spacial score (nSPS) is 13.3. The molecule has 5 nitrogen and oxygen atoms in total. The topological polar surface area (TPSA) is 78.4 Å². The van der Waals surface area contributed by atoms with E-state index in [2.05, 4.69) is 17.6 Å². The van der Waals surface area contributed by atoms with Crippen LogP contribution in [0.15, 0.2) is 24.3 Å². The molecule has 0 saturated carbocycles. The van der Waals surface area contributed by atoms with Crippen LogP contribution in [-0.4, -0.2) is 23.1 Å². The van der Waals surface area contributed by atoms with E-state index >= 15 is 0 Å². The fraction of sp³-hybridized carbons (Fsp3) is 0.467. The van der Waals surface area contributed by atoms with Crippen LogP contribution in [0, 0.1) is 5.92 Å². The molecule has 5 heteroatoms. The summed E-state index contributed by atoms with van der Waals surface area (Å²) in [6, 6.07) is 7.24. The highest BCUT2D eigenvalue weighted by Gasteiger charge is 2.20. The predicted octanol–water partition coefficient (Wildman–Crippen LogP) is 2.16. The van der Waals surface area contributed by atoms with Crippen LogP contribution in [0.2, 0.25) is 0 Å². The van der Waals surface area contributed by atoms with Crippen molar-refractivity contribution in [2.75, 3.05) is 0 Å². The fourth-order valence-electron chi connectivity index (χ4n) is 1.67. The number of aliphatic carboxylic acids is 1. The van der Waals surface area contributed by atoms with E-state index < -0.39 is 17.9 Å². The number of urea groups is 1. The molecule has 0 aromatic heterocycles. The average Bonchev–Trinajstić information content (AvgIpc) is 2.44. The minimum absolute atomic E-state index is 0.356. The lowest BCUT2D eigenvalue weighted by atomic mass is 10.0. The number of aryl methyl sites for hydroxylation is 1. The summed E-state index contributed by atoms with van der Waals surface area (Å²) < 4.78 is 0. The van der Waals surface area contributed by atoms with Crippen LogP contribution in [0.1, 0.15) is 31.9 Å². The summed E-state index contributed by atoms with van der Waals surface area (Å²) in [6.07, 6.45) is 0.985. The van der Waals surface area contributed by atoms with Gasteiger partial charge in [0, 0.05) is 12.6 Å². The molecule has 3 N–H and O–H groups in total. The van der Waals surface area contributed by atoms with Crippen molar-refractivity contribution in [3.63, 3.8) is 0 Å². The molecule has 0 radical (unpaired) electrons. The van der Waals surface area contributed by atoms with Crippen molar-refractivity contribution in [2.24, 2.45) is 5.92 Å². The maximum atomic E-state index is 11.7. The zero-order valence-corrected chi connectivity index (χ0v) is 12.1. The smallest absolute Gasteiger partial charge is 0.315 e. The molecule has 1 aromatic carbocycles. The Morgan fingerprint density at radius 3 is 2.20 bits per heavy atom. The summed E-state index contributed by atoms with van der Waals surface area (Å²) in [6.45, 7) is 5.75. The van der Waals surface area contributed by atoms with Crippen LogP contribution in [0.25, 0.3) is 0 Å². The highest BCUT2D eigenvalue weighted by Crippen LogP contribution is 2.05. The minimum Gasteiger partial charge on any atom is -0.481 e. The van der Waals surface area contributed by atoms with Gasteiger partial charge >= 0.3 is 12.0 Å². The lowest BCUT2D eigenvalue weighted by Gasteiger charge is -2.18. The van der Waals surface area contributed by atoms with E-state index in [1.165, 1.54) is 5.56 Å². The Bertz CT molecular complexity index is 457. The van der Waals surface area contributed by atoms with E-state index in [0.29, 0.717) is 6.54 Å². The SMILES string of the molecule is CCc1ccc(CNC(=O)NC(C)C(C)C(=O)O)cc1. The summed E-state index contributed by atoms with van der Waals surface area (Å²) in [7, 11) is 0. The van der Waals surface area contributed by atoms with Crippen molar-refractivity contribution in [1.29, 1.82) is 0 Å². The van der Waals surface area contributed by atoms with Crippen molar-refractivity contribution in [1.82, 2.24) is 10.6 Å². The first-order chi connectivity index (χ1) is 9.43. The molecule has 2 amide bonds. The molecule has 0 aliphatic carbocycles. The number of rotatable bonds is 6. The molecule has 110 valence electrons. The van der Waals surface area contributed by atoms with Gasteiger partial charge in [0.25, 0.3) is 0 Å². The van der Waals surface area contributed by atoms with E-state index in [0.717, 1.165) is 12.0 Å². The van der Waals surface area contributed by atoms with Gasteiger partial charge in [0.15, 0.2) is 0 Å². The van der Waals surface area contributed by atoms with Gasteiger partial charge in [-0.05, 0) is 31.4 Å². The summed E-state index contributed by atoms with van der Waals surface area (Å²) in [5.41, 5.74) is 2.26. The van der Waals surface area contributed by atoms with Gasteiger partial charge in [-0.3, -0.25) is 4.79 Å². The minimum atomic E-state index is -0.923. The number of nitrogens with one attached hydrogen (secondary N) is 2. The fourth-order valence-corrected chi connectivity index (χ4v) is 1.67. The highest BCUT2D eigenvalue weighted by atomic mass is 16.4. The largest absolute Gasteiger partial charge is 0.481 e. The van der Waals surface area contributed by atoms with E-state index in [1.54, 1.807) is 13.8 Å². The van der Waals surface area contributed by atoms with Crippen LogP contribution in [0.3, 0.4) is 0 Å². The van der Waals surface area contributed by atoms with Gasteiger partial charge in [-0.1, -0.05) is 31.2 Å². The van der Waals surface area contributed by atoms with Gasteiger partial charge in [0.2, 0.25) is 0 Å². The second kappa shape index (κ2) is 7.53. The predicted molar refractivity (Wildman–Crippen MR) is 77.5 cm³/mol. The second-order valence-corrected chi connectivity index (χ2v) is 4.91. The Morgan fingerprint density at radius 2 is 1.70 bits per heavy atom. The lowest BCUT2D eigenvalue weighted by Crippen LogP contribution is -2.45. The zero-order chi connectivity index (χ0) is 15.1. The summed E-state index contributed by atoms with van der Waals surface area (Å²) in [5, 5.41) is 14.2. The van der Waals surface area contributed by atoms with Crippen LogP contribution in [0.5, 0.6) is 0 Å². The summed E-state index contributed by atoms with van der Waals surface area (Å²) in [4.78, 5) is 22.5. The van der Waals surface area contributed by atoms with Gasteiger partial charge < -0.3 is 15.7 Å². The first kappa shape index (κ1) is 16.0. The van der Waals surface area contributed by atoms with Crippen LogP contribution in [-0.2, 0) is 17.8 Å². The number of carboxylic acid groups (broad SMARTS) is 1. The molecule has 0 heterocycles. The van der Waals surface area contributed by atoms with Crippen LogP contribution in [0.4, 0.5) is 4.79 Å². The molecule has 20 heavy (non-hydrogen) atoms. The third-order valence-corrected chi connectivity index (χ3v) is 3.38. The zero-order valence-electron chi connectivity index (χ0n) is 12.1. The van der Waals surface area contributed by atoms with Gasteiger partial charge in [0.1, 0.15) is 0 Å². The molecule has 0 fully saturated rings. The van der Waals surface area contributed by atoms with E-state index in [4.69, 9.17) is 5.11 Å². The molecule has 0 aliphatic heterocycles. The highest BCUT2D eigenvalue weighted by molar-refractivity contribution is 5.76. The second-order valence-electron chi connectivity index (χ2n) is 4.91. The van der Waals surface area contributed by atoms with E-state index in [-0.39, 0.29) is 6.03 Å². The first-order valence-corrected chi connectivity index (χ1v) is 6.79. The average molecular weight is 278 g/mol. The van der Waals surface area contributed by atoms with E-state index in [1.807, 2.05) is 24.3 Å². The molecule has 2 unspecified atom stereocenters. The van der Waals surface area contributed by atoms with Crippen LogP contribution >= 0.6 is 0 Å². The molecule has 1 rings (SSSR count). The van der Waals surface area contributed by atoms with Gasteiger partial charge in [0.05, 0.1) is 5.92 Å². The monoisotopic (exact) mass is 278 g/mol. The number of hydrogen-bond donors (Lipinski definition) is 3. The maximum absolute atomic E-state index is 11.7. The van der Waals surface area contributed by atoms with Crippen molar-refractivity contribution < 1.29 is 14.7 Å². The van der Waals surface area contributed by atoms with Gasteiger partial charge in [-0.25, -0.2) is 4.79 Å². The van der Waals surface area contributed by atoms with Crippen molar-refractivity contribution >= 4 is 12.0 Å². The number of amides is 2.